The summed E-state index contributed by atoms with van der Waals surface area (Å²) in [6.07, 6.45) is 4.29. The third kappa shape index (κ3) is 3.87. The van der Waals surface area contributed by atoms with Crippen molar-refractivity contribution in [3.05, 3.63) is 42.1 Å². The van der Waals surface area contributed by atoms with E-state index < -0.39 is 0 Å². The van der Waals surface area contributed by atoms with Gasteiger partial charge in [-0.3, -0.25) is 14.4 Å². The summed E-state index contributed by atoms with van der Waals surface area (Å²) in [4.78, 5) is 40.8. The number of nitrogen functional groups attached to an aromatic ring is 1. The Kier molecular flexibility index (Phi) is 5.33. The Morgan fingerprint density at radius 2 is 1.93 bits per heavy atom. The second-order valence-corrected chi connectivity index (χ2v) is 7.65. The van der Waals surface area contributed by atoms with Gasteiger partial charge in [0.1, 0.15) is 5.82 Å². The molecule has 152 valence electrons. The molecular weight excluding hydrogens is 370 g/mol. The second kappa shape index (κ2) is 8.06. The van der Waals surface area contributed by atoms with Crippen LogP contribution in [0.3, 0.4) is 0 Å². The number of para-hydroxylation sites is 1. The van der Waals surface area contributed by atoms with Crippen LogP contribution < -0.4 is 5.73 Å². The van der Waals surface area contributed by atoms with Crippen molar-refractivity contribution in [3.8, 4) is 5.69 Å². The van der Waals surface area contributed by atoms with E-state index >= 15 is 0 Å². The minimum atomic E-state index is -0.308. The zero-order valence-electron chi connectivity index (χ0n) is 16.3. The number of rotatable bonds is 5. The predicted molar refractivity (Wildman–Crippen MR) is 107 cm³/mol. The molecule has 0 radical (unpaired) electrons. The number of benzene rings is 1. The van der Waals surface area contributed by atoms with Gasteiger partial charge >= 0.3 is 0 Å². The maximum absolute atomic E-state index is 13.1. The van der Waals surface area contributed by atoms with Crippen LogP contribution in [0.2, 0.25) is 0 Å². The molecule has 4 rings (SSSR count). The predicted octanol–water partition coefficient (Wildman–Crippen LogP) is 1.50. The van der Waals surface area contributed by atoms with Gasteiger partial charge < -0.3 is 15.5 Å². The molecule has 0 bridgehead atoms. The lowest BCUT2D eigenvalue weighted by atomic mass is 9.90. The standard InChI is InChI=1S/C21H25N5O3/c22-21-17(12-23-26(21)16-7-2-1-3-8-16)20(29)15-6-4-10-24(13-15)19(28)14-25-11-5-9-18(25)27/h1-3,7-8,12,15H,4-6,9-11,13-14,22H2/t15-/m1/s1. The molecule has 2 aromatic rings. The summed E-state index contributed by atoms with van der Waals surface area (Å²) < 4.78 is 1.55. The summed E-state index contributed by atoms with van der Waals surface area (Å²) in [5.41, 5.74) is 7.40. The van der Waals surface area contributed by atoms with Gasteiger partial charge in [-0.05, 0) is 31.4 Å². The van der Waals surface area contributed by atoms with Crippen molar-refractivity contribution >= 4 is 23.4 Å². The largest absolute Gasteiger partial charge is 0.383 e. The average Bonchev–Trinajstić information content (AvgIpc) is 3.33. The number of carbonyl (C=O) groups is 3. The Morgan fingerprint density at radius 3 is 2.66 bits per heavy atom. The number of Topliss-reactive ketones (excluding diaryl/α,β-unsaturated/α-hetero) is 1. The van der Waals surface area contributed by atoms with Gasteiger partial charge in [-0.1, -0.05) is 18.2 Å². The van der Waals surface area contributed by atoms with Crippen LogP contribution in [-0.4, -0.2) is 63.4 Å². The number of aromatic nitrogens is 2. The van der Waals surface area contributed by atoms with E-state index in [0.29, 0.717) is 43.9 Å². The Morgan fingerprint density at radius 1 is 1.14 bits per heavy atom. The van der Waals surface area contributed by atoms with Crippen LogP contribution in [0, 0.1) is 5.92 Å². The SMILES string of the molecule is Nc1c(C(=O)[C@@H]2CCCN(C(=O)CN3CCCC3=O)C2)cnn1-c1ccccc1. The molecule has 0 spiro atoms. The van der Waals surface area contributed by atoms with Crippen molar-refractivity contribution in [3.63, 3.8) is 0 Å². The van der Waals surface area contributed by atoms with Gasteiger partial charge in [-0.2, -0.15) is 5.10 Å². The Balaban J connectivity index is 1.44. The molecule has 0 saturated carbocycles. The highest BCUT2D eigenvalue weighted by Crippen LogP contribution is 2.25. The summed E-state index contributed by atoms with van der Waals surface area (Å²) in [6, 6.07) is 9.41. The molecule has 3 heterocycles. The maximum atomic E-state index is 13.1. The third-order valence-electron chi connectivity index (χ3n) is 5.72. The van der Waals surface area contributed by atoms with Crippen molar-refractivity contribution in [1.29, 1.82) is 0 Å². The van der Waals surface area contributed by atoms with E-state index in [2.05, 4.69) is 5.10 Å². The van der Waals surface area contributed by atoms with E-state index in [1.807, 2.05) is 30.3 Å². The average molecular weight is 395 g/mol. The smallest absolute Gasteiger partial charge is 0.242 e. The fourth-order valence-corrected chi connectivity index (χ4v) is 4.09. The number of hydrogen-bond acceptors (Lipinski definition) is 5. The van der Waals surface area contributed by atoms with Gasteiger partial charge in [0.15, 0.2) is 5.78 Å². The van der Waals surface area contributed by atoms with Crippen molar-refractivity contribution in [2.75, 3.05) is 31.9 Å². The van der Waals surface area contributed by atoms with Crippen molar-refractivity contribution < 1.29 is 14.4 Å². The molecule has 2 aliphatic rings. The summed E-state index contributed by atoms with van der Waals surface area (Å²) in [5, 5.41) is 4.28. The highest BCUT2D eigenvalue weighted by Gasteiger charge is 2.32. The molecular formula is C21H25N5O3. The monoisotopic (exact) mass is 395 g/mol. The number of likely N-dealkylation sites (tertiary alicyclic amines) is 2. The molecule has 8 nitrogen and oxygen atoms in total. The number of nitrogens with two attached hydrogens (primary N) is 1. The van der Waals surface area contributed by atoms with Crippen LogP contribution in [0.15, 0.2) is 36.5 Å². The first-order valence-corrected chi connectivity index (χ1v) is 10.0. The minimum absolute atomic E-state index is 0.0316. The molecule has 1 aromatic carbocycles. The number of piperidine rings is 1. The molecule has 2 fully saturated rings. The fraction of sp³-hybridized carbons (Fsp3) is 0.429. The molecule has 2 aliphatic heterocycles. The lowest BCUT2D eigenvalue weighted by Gasteiger charge is -2.33. The molecule has 8 heteroatoms. The van der Waals surface area contributed by atoms with E-state index in [0.717, 1.165) is 18.5 Å². The van der Waals surface area contributed by atoms with Gasteiger partial charge in [-0.15, -0.1) is 0 Å². The molecule has 0 aliphatic carbocycles. The van der Waals surface area contributed by atoms with Crippen molar-refractivity contribution in [2.45, 2.75) is 25.7 Å². The molecule has 2 amide bonds. The van der Waals surface area contributed by atoms with Crippen LogP contribution in [0.25, 0.3) is 5.69 Å². The Bertz CT molecular complexity index is 924. The van der Waals surface area contributed by atoms with Crippen LogP contribution in [0.4, 0.5) is 5.82 Å². The normalized spacial score (nSPS) is 19.6. The van der Waals surface area contributed by atoms with Crippen LogP contribution in [-0.2, 0) is 9.59 Å². The van der Waals surface area contributed by atoms with Gasteiger partial charge in [0, 0.05) is 32.0 Å². The quantitative estimate of drug-likeness (QED) is 0.773. The van der Waals surface area contributed by atoms with Gasteiger partial charge in [0.2, 0.25) is 11.8 Å². The van der Waals surface area contributed by atoms with Crippen LogP contribution in [0.5, 0.6) is 0 Å². The number of amides is 2. The maximum Gasteiger partial charge on any atom is 0.242 e. The number of nitrogens with zero attached hydrogens (tertiary/aromatic N) is 4. The fourth-order valence-electron chi connectivity index (χ4n) is 4.09. The zero-order valence-corrected chi connectivity index (χ0v) is 16.3. The van der Waals surface area contributed by atoms with Crippen molar-refractivity contribution in [1.82, 2.24) is 19.6 Å². The van der Waals surface area contributed by atoms with E-state index in [-0.39, 0.29) is 30.1 Å². The topological polar surface area (TPSA) is 102 Å². The molecule has 2 N–H and O–H groups in total. The molecule has 0 unspecified atom stereocenters. The van der Waals surface area contributed by atoms with Gasteiger partial charge in [0.25, 0.3) is 0 Å². The van der Waals surface area contributed by atoms with E-state index in [9.17, 15) is 14.4 Å². The second-order valence-electron chi connectivity index (χ2n) is 7.65. The minimum Gasteiger partial charge on any atom is -0.383 e. The lowest BCUT2D eigenvalue weighted by Crippen LogP contribution is -2.46. The first-order valence-electron chi connectivity index (χ1n) is 10.0. The first kappa shape index (κ1) is 19.2. The third-order valence-corrected chi connectivity index (χ3v) is 5.72. The first-order chi connectivity index (χ1) is 14.0. The molecule has 29 heavy (non-hydrogen) atoms. The van der Waals surface area contributed by atoms with Crippen LogP contribution in [0.1, 0.15) is 36.0 Å². The van der Waals surface area contributed by atoms with Gasteiger partial charge in [-0.25, -0.2) is 4.68 Å². The molecule has 2 saturated heterocycles. The highest BCUT2D eigenvalue weighted by atomic mass is 16.2. The number of anilines is 1. The van der Waals surface area contributed by atoms with E-state index in [1.165, 1.54) is 6.20 Å². The number of hydrogen-bond donors (Lipinski definition) is 1. The molecule has 1 atom stereocenters. The van der Waals surface area contributed by atoms with E-state index in [4.69, 9.17) is 5.73 Å². The Hall–Kier alpha value is -3.16. The molecule has 1 aromatic heterocycles. The van der Waals surface area contributed by atoms with Crippen molar-refractivity contribution in [2.24, 2.45) is 5.92 Å². The highest BCUT2D eigenvalue weighted by molar-refractivity contribution is 6.02. The number of carbonyl (C=O) groups excluding carboxylic acids is 3. The summed E-state index contributed by atoms with van der Waals surface area (Å²) in [7, 11) is 0. The summed E-state index contributed by atoms with van der Waals surface area (Å²) in [5.74, 6) is -0.140. The Labute approximate surface area is 169 Å². The summed E-state index contributed by atoms with van der Waals surface area (Å²) in [6.45, 7) is 1.71. The van der Waals surface area contributed by atoms with Gasteiger partial charge in [0.05, 0.1) is 24.0 Å². The lowest BCUT2D eigenvalue weighted by molar-refractivity contribution is -0.139. The zero-order chi connectivity index (χ0) is 20.4. The number of ketones is 1. The van der Waals surface area contributed by atoms with Crippen LogP contribution >= 0.6 is 0 Å². The van der Waals surface area contributed by atoms with E-state index in [1.54, 1.807) is 14.5 Å². The summed E-state index contributed by atoms with van der Waals surface area (Å²) >= 11 is 0.